The monoisotopic (exact) mass is 284 g/mol. The van der Waals surface area contributed by atoms with Crippen molar-refractivity contribution in [3.8, 4) is 0 Å². The summed E-state index contributed by atoms with van der Waals surface area (Å²) in [7, 11) is 0. The van der Waals surface area contributed by atoms with Crippen LogP contribution in [0.1, 0.15) is 25.7 Å². The average molecular weight is 284 g/mol. The molecule has 0 saturated carbocycles. The summed E-state index contributed by atoms with van der Waals surface area (Å²) in [5.41, 5.74) is -0.0373. The van der Waals surface area contributed by atoms with E-state index in [1.165, 1.54) is 6.07 Å². The van der Waals surface area contributed by atoms with Crippen LogP contribution in [0, 0.1) is 11.6 Å². The van der Waals surface area contributed by atoms with Crippen molar-refractivity contribution in [2.24, 2.45) is 0 Å². The summed E-state index contributed by atoms with van der Waals surface area (Å²) >= 11 is 0. The zero-order chi connectivity index (χ0) is 14.5. The van der Waals surface area contributed by atoms with Crippen LogP contribution in [0.4, 0.5) is 19.3 Å². The zero-order valence-electron chi connectivity index (χ0n) is 11.1. The van der Waals surface area contributed by atoms with Gasteiger partial charge in [-0.2, -0.15) is 0 Å². The number of hydrogen-bond acceptors (Lipinski definition) is 2. The van der Waals surface area contributed by atoms with Crippen LogP contribution >= 0.6 is 0 Å². The molecule has 0 bridgehead atoms. The Labute approximate surface area is 116 Å². The second kappa shape index (κ2) is 6.65. The average Bonchev–Trinajstić information content (AvgIpc) is 2.43. The van der Waals surface area contributed by atoms with Crippen LogP contribution < -0.4 is 5.32 Å². The highest BCUT2D eigenvalue weighted by molar-refractivity contribution is 5.89. The standard InChI is InChI=1S/C14H18F2N2O2/c15-10-4-5-13(12(16)9-10)17-14(20)18-7-2-1-3-11(18)6-8-19/h4-5,9,11,19H,1-3,6-8H2,(H,17,20). The molecule has 1 aromatic rings. The van der Waals surface area contributed by atoms with Crippen LogP contribution in [-0.4, -0.2) is 35.2 Å². The normalized spacial score (nSPS) is 18.9. The van der Waals surface area contributed by atoms with E-state index in [0.29, 0.717) is 13.0 Å². The molecule has 2 N–H and O–H groups in total. The topological polar surface area (TPSA) is 52.6 Å². The van der Waals surface area contributed by atoms with Crippen molar-refractivity contribution in [3.63, 3.8) is 0 Å². The lowest BCUT2D eigenvalue weighted by atomic mass is 10.0. The van der Waals surface area contributed by atoms with Crippen LogP contribution in [0.2, 0.25) is 0 Å². The molecule has 0 radical (unpaired) electrons. The third-order valence-corrected chi connectivity index (χ3v) is 3.52. The predicted molar refractivity (Wildman–Crippen MR) is 71.4 cm³/mol. The van der Waals surface area contributed by atoms with Crippen molar-refractivity contribution in [1.29, 1.82) is 0 Å². The second-order valence-electron chi connectivity index (χ2n) is 4.91. The van der Waals surface area contributed by atoms with Gasteiger partial charge in [-0.05, 0) is 37.8 Å². The van der Waals surface area contributed by atoms with E-state index in [0.717, 1.165) is 31.4 Å². The molecule has 0 aliphatic carbocycles. The van der Waals surface area contributed by atoms with E-state index >= 15 is 0 Å². The number of aliphatic hydroxyl groups is 1. The van der Waals surface area contributed by atoms with Gasteiger partial charge in [0.25, 0.3) is 0 Å². The van der Waals surface area contributed by atoms with Crippen molar-refractivity contribution in [3.05, 3.63) is 29.8 Å². The molecule has 20 heavy (non-hydrogen) atoms. The first-order valence-electron chi connectivity index (χ1n) is 6.75. The van der Waals surface area contributed by atoms with Crippen LogP contribution in [0.3, 0.4) is 0 Å². The lowest BCUT2D eigenvalue weighted by Gasteiger charge is -2.35. The van der Waals surface area contributed by atoms with Crippen molar-refractivity contribution in [2.75, 3.05) is 18.5 Å². The first-order chi connectivity index (χ1) is 9.61. The maximum absolute atomic E-state index is 13.5. The Morgan fingerprint density at radius 2 is 2.20 bits per heavy atom. The van der Waals surface area contributed by atoms with Gasteiger partial charge in [0.15, 0.2) is 0 Å². The van der Waals surface area contributed by atoms with Gasteiger partial charge >= 0.3 is 6.03 Å². The fourth-order valence-electron chi connectivity index (χ4n) is 2.49. The van der Waals surface area contributed by atoms with Crippen molar-refractivity contribution in [2.45, 2.75) is 31.7 Å². The molecule has 1 fully saturated rings. The van der Waals surface area contributed by atoms with Crippen LogP contribution in [0.25, 0.3) is 0 Å². The molecule has 110 valence electrons. The lowest BCUT2D eigenvalue weighted by molar-refractivity contribution is 0.141. The fourth-order valence-corrected chi connectivity index (χ4v) is 2.49. The van der Waals surface area contributed by atoms with E-state index < -0.39 is 17.7 Å². The van der Waals surface area contributed by atoms with Gasteiger partial charge in [-0.1, -0.05) is 0 Å². The third-order valence-electron chi connectivity index (χ3n) is 3.52. The van der Waals surface area contributed by atoms with Gasteiger partial charge in [-0.3, -0.25) is 0 Å². The largest absolute Gasteiger partial charge is 0.396 e. The summed E-state index contributed by atoms with van der Waals surface area (Å²) in [6, 6.07) is 2.59. The second-order valence-corrected chi connectivity index (χ2v) is 4.91. The number of carbonyl (C=O) groups is 1. The molecule has 4 nitrogen and oxygen atoms in total. The Morgan fingerprint density at radius 3 is 2.90 bits per heavy atom. The minimum Gasteiger partial charge on any atom is -0.396 e. The Morgan fingerprint density at radius 1 is 1.40 bits per heavy atom. The van der Waals surface area contributed by atoms with Crippen LogP contribution in [0.5, 0.6) is 0 Å². The van der Waals surface area contributed by atoms with Crippen molar-refractivity contribution in [1.82, 2.24) is 4.90 Å². The Balaban J connectivity index is 2.05. The maximum Gasteiger partial charge on any atom is 0.322 e. The minimum atomic E-state index is -0.797. The van der Waals surface area contributed by atoms with Crippen molar-refractivity contribution < 1.29 is 18.7 Å². The summed E-state index contributed by atoms with van der Waals surface area (Å²) in [4.78, 5) is 13.8. The molecule has 1 unspecified atom stereocenters. The summed E-state index contributed by atoms with van der Waals surface area (Å²) in [6.45, 7) is 0.596. The Hall–Kier alpha value is -1.69. The minimum absolute atomic E-state index is 0.0133. The number of amides is 2. The summed E-state index contributed by atoms with van der Waals surface area (Å²) in [6.07, 6.45) is 3.25. The maximum atomic E-state index is 13.5. The van der Waals surface area contributed by atoms with Gasteiger partial charge in [0.1, 0.15) is 11.6 Å². The number of piperidine rings is 1. The smallest absolute Gasteiger partial charge is 0.322 e. The molecule has 0 spiro atoms. The van der Waals surface area contributed by atoms with Gasteiger partial charge in [-0.25, -0.2) is 13.6 Å². The van der Waals surface area contributed by atoms with Gasteiger partial charge in [0.2, 0.25) is 0 Å². The number of hydrogen-bond donors (Lipinski definition) is 2. The molecule has 1 aliphatic rings. The molecular formula is C14H18F2N2O2. The molecule has 1 saturated heterocycles. The number of carbonyl (C=O) groups excluding carboxylic acids is 1. The van der Waals surface area contributed by atoms with E-state index in [1.54, 1.807) is 4.90 Å². The summed E-state index contributed by atoms with van der Waals surface area (Å²) in [5.74, 6) is -1.48. The van der Waals surface area contributed by atoms with E-state index in [2.05, 4.69) is 5.32 Å². The highest BCUT2D eigenvalue weighted by Crippen LogP contribution is 2.22. The summed E-state index contributed by atoms with van der Waals surface area (Å²) < 4.78 is 26.3. The zero-order valence-corrected chi connectivity index (χ0v) is 11.1. The molecule has 1 atom stereocenters. The number of nitrogens with one attached hydrogen (secondary N) is 1. The Bertz CT molecular complexity index is 480. The van der Waals surface area contributed by atoms with E-state index in [4.69, 9.17) is 5.11 Å². The van der Waals surface area contributed by atoms with Crippen LogP contribution in [0.15, 0.2) is 18.2 Å². The fraction of sp³-hybridized carbons (Fsp3) is 0.500. The number of nitrogens with zero attached hydrogens (tertiary/aromatic N) is 1. The molecular weight excluding hydrogens is 266 g/mol. The molecule has 2 rings (SSSR count). The number of urea groups is 1. The van der Waals surface area contributed by atoms with Crippen molar-refractivity contribution >= 4 is 11.7 Å². The molecule has 2 amide bonds. The van der Waals surface area contributed by atoms with Crippen LogP contribution in [-0.2, 0) is 0 Å². The lowest BCUT2D eigenvalue weighted by Crippen LogP contribution is -2.46. The van der Waals surface area contributed by atoms with Gasteiger partial charge < -0.3 is 15.3 Å². The first-order valence-corrected chi connectivity index (χ1v) is 6.75. The highest BCUT2D eigenvalue weighted by atomic mass is 19.1. The van der Waals surface area contributed by atoms with E-state index in [9.17, 15) is 13.6 Å². The van der Waals surface area contributed by atoms with Gasteiger partial charge in [0.05, 0.1) is 5.69 Å². The number of likely N-dealkylation sites (tertiary alicyclic amines) is 1. The third kappa shape index (κ3) is 3.45. The first kappa shape index (κ1) is 14.7. The molecule has 1 aliphatic heterocycles. The van der Waals surface area contributed by atoms with Gasteiger partial charge in [-0.15, -0.1) is 0 Å². The quantitative estimate of drug-likeness (QED) is 0.896. The molecule has 6 heteroatoms. The number of anilines is 1. The van der Waals surface area contributed by atoms with E-state index in [-0.39, 0.29) is 18.3 Å². The Kier molecular flexibility index (Phi) is 4.89. The SMILES string of the molecule is O=C(Nc1ccc(F)cc1F)N1CCCCC1CCO. The molecule has 1 aromatic carbocycles. The number of aliphatic hydroxyl groups excluding tert-OH is 1. The number of rotatable bonds is 3. The highest BCUT2D eigenvalue weighted by Gasteiger charge is 2.26. The summed E-state index contributed by atoms with van der Waals surface area (Å²) in [5, 5.41) is 11.5. The van der Waals surface area contributed by atoms with E-state index in [1.807, 2.05) is 0 Å². The number of halogens is 2. The predicted octanol–water partition coefficient (Wildman–Crippen LogP) is 2.73. The number of benzene rings is 1. The molecule has 0 aromatic heterocycles. The molecule has 1 heterocycles. The van der Waals surface area contributed by atoms with Gasteiger partial charge in [0, 0.05) is 25.3 Å².